The van der Waals surface area contributed by atoms with Crippen molar-refractivity contribution in [2.75, 3.05) is 7.11 Å². The summed E-state index contributed by atoms with van der Waals surface area (Å²) in [5.41, 5.74) is 7.07. The van der Waals surface area contributed by atoms with Gasteiger partial charge in [0, 0.05) is 12.0 Å². The van der Waals surface area contributed by atoms with Crippen molar-refractivity contribution in [3.63, 3.8) is 0 Å². The predicted molar refractivity (Wildman–Crippen MR) is 148 cm³/mol. The zero-order chi connectivity index (χ0) is 26.3. The standard InChI is InChI=1S/C32H50O2/c1-14-32(11,12)20-23-18-24(29(2,3)4)16-21(27(23)33)15-22-17-25(30(5,6)7)19-26(28(22)34-13)31(8,9)10/h16-19,33H,14-15,20H2,1-13H3. The van der Waals surface area contributed by atoms with Gasteiger partial charge >= 0.3 is 0 Å². The summed E-state index contributed by atoms with van der Waals surface area (Å²) >= 11 is 0. The second kappa shape index (κ2) is 9.59. The lowest BCUT2D eigenvalue weighted by Gasteiger charge is -2.30. The van der Waals surface area contributed by atoms with E-state index in [0.717, 1.165) is 35.3 Å². The topological polar surface area (TPSA) is 29.5 Å². The van der Waals surface area contributed by atoms with Gasteiger partial charge in [-0.05, 0) is 55.9 Å². The Labute approximate surface area is 210 Å². The highest BCUT2D eigenvalue weighted by Gasteiger charge is 2.28. The van der Waals surface area contributed by atoms with Crippen LogP contribution in [-0.4, -0.2) is 12.2 Å². The average Bonchev–Trinajstić information content (AvgIpc) is 2.67. The Kier molecular flexibility index (Phi) is 7.98. The molecule has 0 aliphatic carbocycles. The molecule has 2 rings (SSSR count). The number of benzene rings is 2. The molecule has 0 aromatic heterocycles. The second-order valence-corrected chi connectivity index (χ2v) is 14.0. The summed E-state index contributed by atoms with van der Waals surface area (Å²) in [5, 5.41) is 11.5. The van der Waals surface area contributed by atoms with Gasteiger partial charge in [0.2, 0.25) is 0 Å². The summed E-state index contributed by atoms with van der Waals surface area (Å²) in [5.74, 6) is 1.38. The van der Waals surface area contributed by atoms with Crippen LogP contribution in [0.3, 0.4) is 0 Å². The molecule has 0 spiro atoms. The second-order valence-electron chi connectivity index (χ2n) is 14.0. The summed E-state index contributed by atoms with van der Waals surface area (Å²) in [4.78, 5) is 0. The summed E-state index contributed by atoms with van der Waals surface area (Å²) < 4.78 is 6.03. The van der Waals surface area contributed by atoms with Gasteiger partial charge in [0.25, 0.3) is 0 Å². The third-order valence-corrected chi connectivity index (χ3v) is 7.18. The molecule has 0 aliphatic rings. The van der Waals surface area contributed by atoms with Crippen molar-refractivity contribution in [3.05, 3.63) is 57.6 Å². The maximum atomic E-state index is 11.5. The van der Waals surface area contributed by atoms with Crippen LogP contribution in [0.1, 0.15) is 123 Å². The third-order valence-electron chi connectivity index (χ3n) is 7.18. The van der Waals surface area contributed by atoms with Crippen LogP contribution in [-0.2, 0) is 29.1 Å². The van der Waals surface area contributed by atoms with E-state index in [1.165, 1.54) is 16.7 Å². The summed E-state index contributed by atoms with van der Waals surface area (Å²) in [6.07, 6.45) is 2.57. The van der Waals surface area contributed by atoms with Crippen LogP contribution in [0, 0.1) is 5.41 Å². The molecule has 2 heteroatoms. The average molecular weight is 467 g/mol. The van der Waals surface area contributed by atoms with E-state index in [1.54, 1.807) is 7.11 Å². The molecule has 2 aromatic rings. The molecule has 2 aromatic carbocycles. The predicted octanol–water partition coefficient (Wildman–Crippen LogP) is 8.86. The highest BCUT2D eigenvalue weighted by Crippen LogP contribution is 2.42. The molecule has 1 N–H and O–H groups in total. The Balaban J connectivity index is 2.79. The molecule has 0 bridgehead atoms. The number of rotatable bonds is 6. The molecule has 0 heterocycles. The molecule has 0 amide bonds. The van der Waals surface area contributed by atoms with E-state index in [0.29, 0.717) is 12.2 Å². The lowest BCUT2D eigenvalue weighted by Crippen LogP contribution is -2.19. The number of hydrogen-bond acceptors (Lipinski definition) is 2. The van der Waals surface area contributed by atoms with Gasteiger partial charge in [-0.1, -0.05) is 114 Å². The van der Waals surface area contributed by atoms with E-state index >= 15 is 0 Å². The van der Waals surface area contributed by atoms with E-state index in [2.05, 4.69) is 107 Å². The summed E-state index contributed by atoms with van der Waals surface area (Å²) in [6.45, 7) is 27.0. The fourth-order valence-electron chi connectivity index (χ4n) is 4.36. The molecule has 0 saturated heterocycles. The SMILES string of the molecule is CCC(C)(C)Cc1cc(C(C)(C)C)cc(Cc2cc(C(C)(C)C)cc(C(C)(C)C)c2OC)c1O. The van der Waals surface area contributed by atoms with Gasteiger partial charge in [-0.15, -0.1) is 0 Å². The fraction of sp³-hybridized carbons (Fsp3) is 0.625. The molecule has 34 heavy (non-hydrogen) atoms. The van der Waals surface area contributed by atoms with Gasteiger partial charge in [0.05, 0.1) is 7.11 Å². The van der Waals surface area contributed by atoms with Crippen molar-refractivity contribution in [1.29, 1.82) is 0 Å². The molecule has 0 saturated carbocycles. The van der Waals surface area contributed by atoms with Gasteiger partial charge in [-0.2, -0.15) is 0 Å². The Bertz CT molecular complexity index is 1010. The molecule has 0 atom stereocenters. The summed E-state index contributed by atoms with van der Waals surface area (Å²) in [6, 6.07) is 9.02. The van der Waals surface area contributed by atoms with Crippen LogP contribution in [0.25, 0.3) is 0 Å². The van der Waals surface area contributed by atoms with E-state index in [9.17, 15) is 5.11 Å². The van der Waals surface area contributed by atoms with Gasteiger partial charge in [0.15, 0.2) is 0 Å². The van der Waals surface area contributed by atoms with E-state index in [4.69, 9.17) is 4.74 Å². The van der Waals surface area contributed by atoms with Crippen LogP contribution in [0.2, 0.25) is 0 Å². The zero-order valence-electron chi connectivity index (χ0n) is 24.3. The highest BCUT2D eigenvalue weighted by molar-refractivity contribution is 5.54. The molecule has 2 nitrogen and oxygen atoms in total. The van der Waals surface area contributed by atoms with Crippen molar-refractivity contribution in [2.24, 2.45) is 5.41 Å². The van der Waals surface area contributed by atoms with Crippen molar-refractivity contribution < 1.29 is 9.84 Å². The van der Waals surface area contributed by atoms with Crippen molar-refractivity contribution in [3.8, 4) is 11.5 Å². The van der Waals surface area contributed by atoms with Crippen molar-refractivity contribution >= 4 is 0 Å². The molecule has 0 radical (unpaired) electrons. The first kappa shape index (κ1) is 28.3. The minimum Gasteiger partial charge on any atom is -0.507 e. The van der Waals surface area contributed by atoms with E-state index in [-0.39, 0.29) is 21.7 Å². The zero-order valence-corrected chi connectivity index (χ0v) is 24.3. The molecule has 0 unspecified atom stereocenters. The van der Waals surface area contributed by atoms with Gasteiger partial charge < -0.3 is 9.84 Å². The smallest absolute Gasteiger partial charge is 0.126 e. The number of aromatic hydroxyl groups is 1. The minimum absolute atomic E-state index is 0.00146. The van der Waals surface area contributed by atoms with Gasteiger partial charge in [-0.25, -0.2) is 0 Å². The highest BCUT2D eigenvalue weighted by atomic mass is 16.5. The number of phenols is 1. The maximum Gasteiger partial charge on any atom is 0.126 e. The number of methoxy groups -OCH3 is 1. The third kappa shape index (κ3) is 6.58. The lowest BCUT2D eigenvalue weighted by atomic mass is 9.77. The Hall–Kier alpha value is -1.96. The molecular weight excluding hydrogens is 416 g/mol. The quantitative estimate of drug-likeness (QED) is 0.460. The number of phenolic OH excluding ortho intramolecular Hbond substituents is 1. The molecular formula is C32H50O2. The summed E-state index contributed by atoms with van der Waals surface area (Å²) in [7, 11) is 1.77. The number of ether oxygens (including phenoxy) is 1. The number of hydrogen-bond donors (Lipinski definition) is 1. The molecule has 190 valence electrons. The van der Waals surface area contributed by atoms with E-state index < -0.39 is 0 Å². The largest absolute Gasteiger partial charge is 0.507 e. The first-order valence-electron chi connectivity index (χ1n) is 12.9. The molecule has 0 aliphatic heterocycles. The van der Waals surface area contributed by atoms with Crippen molar-refractivity contribution in [1.82, 2.24) is 0 Å². The lowest BCUT2D eigenvalue weighted by molar-refractivity contribution is 0.340. The maximum absolute atomic E-state index is 11.5. The minimum atomic E-state index is -0.0486. The first-order chi connectivity index (χ1) is 15.3. The van der Waals surface area contributed by atoms with Crippen LogP contribution >= 0.6 is 0 Å². The fourth-order valence-corrected chi connectivity index (χ4v) is 4.36. The van der Waals surface area contributed by atoms with Gasteiger partial charge in [-0.3, -0.25) is 0 Å². The first-order valence-corrected chi connectivity index (χ1v) is 12.9. The molecule has 0 fully saturated rings. The monoisotopic (exact) mass is 466 g/mol. The van der Waals surface area contributed by atoms with E-state index in [1.807, 2.05) is 0 Å². The Morgan fingerprint density at radius 2 is 1.15 bits per heavy atom. The van der Waals surface area contributed by atoms with Crippen LogP contribution < -0.4 is 4.74 Å². The van der Waals surface area contributed by atoms with Crippen LogP contribution in [0.4, 0.5) is 0 Å². The van der Waals surface area contributed by atoms with Crippen molar-refractivity contribution in [2.45, 2.75) is 119 Å². The van der Waals surface area contributed by atoms with Crippen LogP contribution in [0.15, 0.2) is 24.3 Å². The Morgan fingerprint density at radius 3 is 1.59 bits per heavy atom. The normalized spacial score (nSPS) is 13.3. The van der Waals surface area contributed by atoms with Crippen LogP contribution in [0.5, 0.6) is 11.5 Å². The Morgan fingerprint density at radius 1 is 0.676 bits per heavy atom. The van der Waals surface area contributed by atoms with Gasteiger partial charge in [0.1, 0.15) is 11.5 Å².